The van der Waals surface area contributed by atoms with Crippen molar-refractivity contribution in [3.63, 3.8) is 0 Å². The SMILES string of the molecule is CC(C)N1C[C@H](n2ccc(=O)[nH]c2=O)O[C@@](COI)(COP(OCCC#N)N(C(C)C)C(C)C)C1. The summed E-state index contributed by atoms with van der Waals surface area (Å²) in [5.74, 6) is 0. The van der Waals surface area contributed by atoms with Crippen LogP contribution in [-0.4, -0.2) is 75.8 Å². The first kappa shape index (κ1) is 30.3. The van der Waals surface area contributed by atoms with Crippen molar-refractivity contribution in [2.45, 2.75) is 77.9 Å². The Labute approximate surface area is 222 Å². The second-order valence-corrected chi connectivity index (χ2v) is 11.4. The maximum atomic E-state index is 12.5. The van der Waals surface area contributed by atoms with E-state index in [-0.39, 0.29) is 44.4 Å². The highest BCUT2D eigenvalue weighted by molar-refractivity contribution is 14.1. The molecule has 1 aromatic rings. The van der Waals surface area contributed by atoms with Crippen LogP contribution in [0.15, 0.2) is 21.9 Å². The lowest BCUT2D eigenvalue weighted by atomic mass is 10.0. The Morgan fingerprint density at radius 3 is 2.49 bits per heavy atom. The third-order valence-corrected chi connectivity index (χ3v) is 7.94. The fourth-order valence-corrected chi connectivity index (χ4v) is 6.23. The molecule has 1 aliphatic rings. The van der Waals surface area contributed by atoms with E-state index in [9.17, 15) is 9.59 Å². The molecule has 0 aromatic carbocycles. The molecule has 0 amide bonds. The fourth-order valence-electron chi connectivity index (χ4n) is 3.98. The minimum absolute atomic E-state index is 0.155. The van der Waals surface area contributed by atoms with Crippen LogP contribution in [0.5, 0.6) is 0 Å². The van der Waals surface area contributed by atoms with Gasteiger partial charge in [0, 0.05) is 43.5 Å². The zero-order valence-electron chi connectivity index (χ0n) is 21.3. The molecule has 1 aromatic heterocycles. The van der Waals surface area contributed by atoms with Crippen molar-refractivity contribution < 1.29 is 16.9 Å². The summed E-state index contributed by atoms with van der Waals surface area (Å²) < 4.78 is 28.0. The number of morpholine rings is 1. The normalized spacial score (nSPS) is 22.3. The van der Waals surface area contributed by atoms with Crippen LogP contribution in [0.2, 0.25) is 0 Å². The zero-order valence-corrected chi connectivity index (χ0v) is 24.3. The monoisotopic (exact) mass is 625 g/mol. The van der Waals surface area contributed by atoms with Gasteiger partial charge in [-0.15, -0.1) is 0 Å². The van der Waals surface area contributed by atoms with Crippen LogP contribution >= 0.6 is 31.5 Å². The van der Waals surface area contributed by atoms with Gasteiger partial charge in [0.1, 0.15) is 28.6 Å². The molecule has 1 saturated heterocycles. The van der Waals surface area contributed by atoms with E-state index in [0.29, 0.717) is 13.1 Å². The third kappa shape index (κ3) is 8.57. The number of halogens is 1. The predicted octanol–water partition coefficient (Wildman–Crippen LogP) is 3.17. The Bertz CT molecular complexity index is 943. The molecule has 0 bridgehead atoms. The average Bonchev–Trinajstić information content (AvgIpc) is 2.77. The van der Waals surface area contributed by atoms with Gasteiger partial charge in [0.15, 0.2) is 6.23 Å². The van der Waals surface area contributed by atoms with Crippen LogP contribution in [-0.2, 0) is 16.9 Å². The van der Waals surface area contributed by atoms with Crippen LogP contribution in [0.3, 0.4) is 0 Å². The number of nitriles is 1. The summed E-state index contributed by atoms with van der Waals surface area (Å²) in [5.41, 5.74) is -1.90. The van der Waals surface area contributed by atoms with Gasteiger partial charge in [0.2, 0.25) is 0 Å². The van der Waals surface area contributed by atoms with E-state index in [1.54, 1.807) is 0 Å². The van der Waals surface area contributed by atoms with Gasteiger partial charge in [-0.25, -0.2) is 9.46 Å². The van der Waals surface area contributed by atoms with Crippen molar-refractivity contribution in [3.05, 3.63) is 33.1 Å². The van der Waals surface area contributed by atoms with Gasteiger partial charge in [0.05, 0.1) is 32.3 Å². The highest BCUT2D eigenvalue weighted by Crippen LogP contribution is 2.47. The Morgan fingerprint density at radius 1 is 1.26 bits per heavy atom. The second-order valence-electron chi connectivity index (χ2n) is 9.37. The Morgan fingerprint density at radius 2 is 1.94 bits per heavy atom. The van der Waals surface area contributed by atoms with Crippen LogP contribution in [0.1, 0.15) is 54.2 Å². The number of nitrogens with zero attached hydrogens (tertiary/aromatic N) is 4. The van der Waals surface area contributed by atoms with E-state index >= 15 is 0 Å². The lowest BCUT2D eigenvalue weighted by molar-refractivity contribution is -0.210. The average molecular weight is 625 g/mol. The molecule has 198 valence electrons. The number of rotatable bonds is 13. The van der Waals surface area contributed by atoms with Gasteiger partial charge < -0.3 is 16.9 Å². The van der Waals surface area contributed by atoms with Crippen molar-refractivity contribution in [1.29, 1.82) is 5.26 Å². The van der Waals surface area contributed by atoms with Gasteiger partial charge in [0.25, 0.3) is 14.1 Å². The van der Waals surface area contributed by atoms with Crippen molar-refractivity contribution in [1.82, 2.24) is 19.1 Å². The van der Waals surface area contributed by atoms with Crippen molar-refractivity contribution in [2.75, 3.05) is 32.9 Å². The first-order valence-electron chi connectivity index (χ1n) is 11.7. The molecule has 1 aliphatic heterocycles. The summed E-state index contributed by atoms with van der Waals surface area (Å²) in [6, 6.07) is 3.90. The summed E-state index contributed by atoms with van der Waals surface area (Å²) in [7, 11) is -1.48. The topological polar surface area (TPSA) is 122 Å². The lowest BCUT2D eigenvalue weighted by Crippen LogP contribution is -2.60. The van der Waals surface area contributed by atoms with Crippen LogP contribution in [0.4, 0.5) is 0 Å². The van der Waals surface area contributed by atoms with Gasteiger partial charge in [-0.3, -0.25) is 19.2 Å². The summed E-state index contributed by atoms with van der Waals surface area (Å²) in [4.78, 5) is 28.6. The van der Waals surface area contributed by atoms with Gasteiger partial charge >= 0.3 is 5.69 Å². The van der Waals surface area contributed by atoms with Crippen molar-refractivity contribution in [3.8, 4) is 6.07 Å². The molecule has 0 aliphatic carbocycles. The number of hydrogen-bond acceptors (Lipinski definition) is 9. The molecule has 1 unspecified atom stereocenters. The summed E-state index contributed by atoms with van der Waals surface area (Å²) in [6.07, 6.45) is 1.06. The first-order chi connectivity index (χ1) is 16.5. The largest absolute Gasteiger partial charge is 0.344 e. The summed E-state index contributed by atoms with van der Waals surface area (Å²) >= 11 is 1.83. The maximum Gasteiger partial charge on any atom is 0.330 e. The van der Waals surface area contributed by atoms with E-state index in [2.05, 4.69) is 62.2 Å². The molecule has 11 nitrogen and oxygen atoms in total. The van der Waals surface area contributed by atoms with E-state index in [4.69, 9.17) is 22.1 Å². The molecular weight excluding hydrogens is 588 g/mol. The van der Waals surface area contributed by atoms with E-state index in [1.165, 1.54) is 16.8 Å². The van der Waals surface area contributed by atoms with Crippen molar-refractivity contribution in [2.24, 2.45) is 0 Å². The minimum Gasteiger partial charge on any atom is -0.344 e. The highest BCUT2D eigenvalue weighted by Gasteiger charge is 2.44. The molecule has 1 fully saturated rings. The lowest BCUT2D eigenvalue weighted by Gasteiger charge is -2.47. The Balaban J connectivity index is 2.36. The molecule has 13 heteroatoms. The molecular formula is C22H37IN5O6P. The number of hydrogen-bond donors (Lipinski definition) is 1. The maximum absolute atomic E-state index is 12.5. The third-order valence-electron chi connectivity index (χ3n) is 5.58. The molecule has 2 heterocycles. The van der Waals surface area contributed by atoms with Crippen LogP contribution in [0, 0.1) is 11.3 Å². The zero-order chi connectivity index (χ0) is 26.2. The van der Waals surface area contributed by atoms with E-state index in [0.717, 1.165) is 0 Å². The van der Waals surface area contributed by atoms with Gasteiger partial charge in [-0.05, 0) is 41.5 Å². The molecule has 3 atom stereocenters. The molecule has 1 N–H and O–H groups in total. The van der Waals surface area contributed by atoms with Gasteiger partial charge in [-0.1, -0.05) is 0 Å². The van der Waals surface area contributed by atoms with Crippen LogP contribution in [0.25, 0.3) is 0 Å². The standard InChI is InChI=1S/C22H37IN5O6P/c1-16(2)26-12-20(27-10-8-19(29)25-21(27)30)34-22(13-26,14-31-23)15-33-35(32-11-7-9-24)28(17(3)4)18(5)6/h8,10,16-18,20H,7,11-15H2,1-6H3,(H,25,29,30)/t20-,22+,35?/m1/s1. The molecule has 0 saturated carbocycles. The summed E-state index contributed by atoms with van der Waals surface area (Å²) in [5, 5.41) is 8.97. The predicted molar refractivity (Wildman–Crippen MR) is 142 cm³/mol. The fraction of sp³-hybridized carbons (Fsp3) is 0.773. The summed E-state index contributed by atoms with van der Waals surface area (Å²) in [6.45, 7) is 14.1. The quantitative estimate of drug-likeness (QED) is 0.200. The molecule has 0 spiro atoms. The number of aromatic amines is 1. The number of aromatic nitrogens is 2. The number of H-pyrrole nitrogens is 1. The Hall–Kier alpha value is -0.910. The van der Waals surface area contributed by atoms with Crippen molar-refractivity contribution >= 4 is 31.5 Å². The number of ether oxygens (including phenoxy) is 1. The smallest absolute Gasteiger partial charge is 0.330 e. The van der Waals surface area contributed by atoms with Crippen LogP contribution < -0.4 is 11.2 Å². The molecule has 0 radical (unpaired) electrons. The second kappa shape index (κ2) is 14.1. The van der Waals surface area contributed by atoms with E-state index in [1.807, 2.05) is 23.0 Å². The molecule has 2 rings (SSSR count). The Kier molecular flexibility index (Phi) is 12.2. The number of nitrogens with one attached hydrogen (secondary N) is 1. The minimum atomic E-state index is -1.48. The molecule has 35 heavy (non-hydrogen) atoms. The van der Waals surface area contributed by atoms with E-state index < -0.39 is 31.6 Å². The highest BCUT2D eigenvalue weighted by atomic mass is 127. The first-order valence-corrected chi connectivity index (χ1v) is 13.7. The van der Waals surface area contributed by atoms with Gasteiger partial charge in [-0.2, -0.15) is 5.26 Å².